The van der Waals surface area contributed by atoms with Crippen molar-refractivity contribution in [2.75, 3.05) is 30.4 Å². The number of aryl methyl sites for hydroxylation is 2. The summed E-state index contributed by atoms with van der Waals surface area (Å²) in [5.74, 6) is 0.617. The van der Waals surface area contributed by atoms with Gasteiger partial charge in [0.2, 0.25) is 11.9 Å². The molecule has 0 saturated carbocycles. The summed E-state index contributed by atoms with van der Waals surface area (Å²) in [6, 6.07) is 6.30. The minimum absolute atomic E-state index is 0.177. The van der Waals surface area contributed by atoms with Gasteiger partial charge >= 0.3 is 0 Å². The Kier molecular flexibility index (Phi) is 5.72. The molecule has 0 radical (unpaired) electrons. The lowest BCUT2D eigenvalue weighted by molar-refractivity contribution is -0.384. The number of piperidine rings is 1. The van der Waals surface area contributed by atoms with Crippen molar-refractivity contribution in [1.29, 1.82) is 0 Å². The Bertz CT molecular complexity index is 874. The smallest absolute Gasteiger partial charge is 0.296 e. The molecule has 148 valence electrons. The lowest BCUT2D eigenvalue weighted by atomic mass is 9.96. The average Bonchev–Trinajstić information content (AvgIpc) is 2.67. The van der Waals surface area contributed by atoms with E-state index in [0.29, 0.717) is 37.6 Å². The Morgan fingerprint density at radius 1 is 1.21 bits per heavy atom. The predicted octanol–water partition coefficient (Wildman–Crippen LogP) is 2.87. The normalized spacial score (nSPS) is 14.6. The molecule has 1 aromatic carbocycles. The van der Waals surface area contributed by atoms with E-state index in [9.17, 15) is 14.9 Å². The molecule has 2 heterocycles. The fraction of sp³-hybridized carbons (Fsp3) is 0.421. The highest BCUT2D eigenvalue weighted by Gasteiger charge is 2.28. The number of nitro groups is 1. The van der Waals surface area contributed by atoms with Gasteiger partial charge in [-0.3, -0.25) is 14.9 Å². The fourth-order valence-corrected chi connectivity index (χ4v) is 3.32. The van der Waals surface area contributed by atoms with E-state index in [2.05, 4.69) is 20.2 Å². The SMILES string of the molecule is COc1ccc(NC(=O)C2CCN(c3nc(C)cc(C)n3)CC2)c([N+](=O)[O-])c1. The summed E-state index contributed by atoms with van der Waals surface area (Å²) in [4.78, 5) is 34.4. The third-order valence-electron chi connectivity index (χ3n) is 4.78. The average molecular weight is 385 g/mol. The van der Waals surface area contributed by atoms with Gasteiger partial charge in [-0.2, -0.15) is 0 Å². The highest BCUT2D eigenvalue weighted by molar-refractivity contribution is 5.95. The topological polar surface area (TPSA) is 110 Å². The fourth-order valence-electron chi connectivity index (χ4n) is 3.32. The summed E-state index contributed by atoms with van der Waals surface area (Å²) in [5.41, 5.74) is 1.81. The number of methoxy groups -OCH3 is 1. The second-order valence-electron chi connectivity index (χ2n) is 6.84. The van der Waals surface area contributed by atoms with Crippen molar-refractivity contribution < 1.29 is 14.5 Å². The molecular formula is C19H23N5O4. The number of nitro benzene ring substituents is 1. The number of hydrogen-bond acceptors (Lipinski definition) is 7. The Balaban J connectivity index is 1.65. The highest BCUT2D eigenvalue weighted by atomic mass is 16.6. The van der Waals surface area contributed by atoms with Crippen LogP contribution in [0.1, 0.15) is 24.2 Å². The van der Waals surface area contributed by atoms with Crippen molar-refractivity contribution in [1.82, 2.24) is 9.97 Å². The molecule has 1 amide bonds. The number of amides is 1. The first-order valence-corrected chi connectivity index (χ1v) is 9.08. The van der Waals surface area contributed by atoms with Crippen LogP contribution < -0.4 is 15.0 Å². The number of carbonyl (C=O) groups is 1. The third-order valence-corrected chi connectivity index (χ3v) is 4.78. The number of ether oxygens (including phenoxy) is 1. The van der Waals surface area contributed by atoms with Gasteiger partial charge in [0.1, 0.15) is 11.4 Å². The number of aromatic nitrogens is 2. The molecule has 0 unspecified atom stereocenters. The van der Waals surface area contributed by atoms with Crippen LogP contribution in [0.4, 0.5) is 17.3 Å². The van der Waals surface area contributed by atoms with Crippen molar-refractivity contribution in [3.8, 4) is 5.75 Å². The molecular weight excluding hydrogens is 362 g/mol. The van der Waals surface area contributed by atoms with E-state index in [1.807, 2.05) is 19.9 Å². The van der Waals surface area contributed by atoms with Gasteiger partial charge in [0.05, 0.1) is 18.1 Å². The number of anilines is 2. The van der Waals surface area contributed by atoms with Crippen LogP contribution in [0.3, 0.4) is 0 Å². The minimum Gasteiger partial charge on any atom is -0.496 e. The summed E-state index contributed by atoms with van der Waals surface area (Å²) in [7, 11) is 1.44. The molecule has 1 aromatic heterocycles. The van der Waals surface area contributed by atoms with Crippen molar-refractivity contribution in [2.24, 2.45) is 5.92 Å². The number of carbonyl (C=O) groups excluding carboxylic acids is 1. The zero-order chi connectivity index (χ0) is 20.3. The summed E-state index contributed by atoms with van der Waals surface area (Å²) >= 11 is 0. The summed E-state index contributed by atoms with van der Waals surface area (Å²) < 4.78 is 5.02. The summed E-state index contributed by atoms with van der Waals surface area (Å²) in [5, 5.41) is 14.0. The monoisotopic (exact) mass is 385 g/mol. The largest absolute Gasteiger partial charge is 0.496 e. The van der Waals surface area contributed by atoms with Gasteiger partial charge < -0.3 is 15.0 Å². The number of hydrogen-bond donors (Lipinski definition) is 1. The van der Waals surface area contributed by atoms with Crippen LogP contribution in [0.25, 0.3) is 0 Å². The minimum atomic E-state index is -0.530. The molecule has 1 aliphatic rings. The number of nitrogens with zero attached hydrogens (tertiary/aromatic N) is 4. The van der Waals surface area contributed by atoms with Crippen LogP contribution in [0.15, 0.2) is 24.3 Å². The molecule has 2 aromatic rings. The highest BCUT2D eigenvalue weighted by Crippen LogP contribution is 2.30. The maximum atomic E-state index is 12.6. The standard InChI is InChI=1S/C19H23N5O4/c1-12-10-13(2)21-19(20-12)23-8-6-14(7-9-23)18(25)22-16-5-4-15(28-3)11-17(16)24(26)27/h4-5,10-11,14H,6-9H2,1-3H3,(H,22,25). The van der Waals surface area contributed by atoms with Crippen LogP contribution in [0, 0.1) is 29.9 Å². The maximum absolute atomic E-state index is 12.6. The van der Waals surface area contributed by atoms with Gasteiger partial charge in [-0.1, -0.05) is 0 Å². The van der Waals surface area contributed by atoms with Gasteiger partial charge in [-0.15, -0.1) is 0 Å². The van der Waals surface area contributed by atoms with Crippen molar-refractivity contribution in [3.05, 3.63) is 45.8 Å². The first kappa shape index (κ1) is 19.5. The molecule has 0 aliphatic carbocycles. The van der Waals surface area contributed by atoms with E-state index in [0.717, 1.165) is 11.4 Å². The van der Waals surface area contributed by atoms with Crippen LogP contribution in [-0.2, 0) is 4.79 Å². The number of benzene rings is 1. The van der Waals surface area contributed by atoms with Crippen LogP contribution in [-0.4, -0.2) is 41.0 Å². The molecule has 1 N–H and O–H groups in total. The van der Waals surface area contributed by atoms with E-state index in [-0.39, 0.29) is 23.2 Å². The van der Waals surface area contributed by atoms with Gasteiger partial charge in [0.15, 0.2) is 0 Å². The quantitative estimate of drug-likeness (QED) is 0.622. The first-order chi connectivity index (χ1) is 13.4. The first-order valence-electron chi connectivity index (χ1n) is 9.08. The van der Waals surface area contributed by atoms with Crippen molar-refractivity contribution >= 4 is 23.2 Å². The summed E-state index contributed by atoms with van der Waals surface area (Å²) in [6.45, 7) is 5.18. The van der Waals surface area contributed by atoms with E-state index >= 15 is 0 Å². The molecule has 0 spiro atoms. The van der Waals surface area contributed by atoms with Crippen molar-refractivity contribution in [3.63, 3.8) is 0 Å². The van der Waals surface area contributed by atoms with Crippen molar-refractivity contribution in [2.45, 2.75) is 26.7 Å². The second-order valence-corrected chi connectivity index (χ2v) is 6.84. The summed E-state index contributed by atoms with van der Waals surface area (Å²) in [6.07, 6.45) is 1.26. The predicted molar refractivity (Wildman–Crippen MR) is 105 cm³/mol. The molecule has 3 rings (SSSR count). The molecule has 9 heteroatoms. The second kappa shape index (κ2) is 8.20. The van der Waals surface area contributed by atoms with Gasteiger partial charge in [0.25, 0.3) is 5.69 Å². The molecule has 1 fully saturated rings. The van der Waals surface area contributed by atoms with Crippen LogP contribution >= 0.6 is 0 Å². The molecule has 9 nitrogen and oxygen atoms in total. The maximum Gasteiger partial charge on any atom is 0.296 e. The zero-order valence-electron chi connectivity index (χ0n) is 16.1. The molecule has 0 atom stereocenters. The van der Waals surface area contributed by atoms with Gasteiger partial charge in [-0.05, 0) is 44.9 Å². The zero-order valence-corrected chi connectivity index (χ0v) is 16.1. The Labute approximate surface area is 162 Å². The van der Waals surface area contributed by atoms with Crippen LogP contribution in [0.2, 0.25) is 0 Å². The van der Waals surface area contributed by atoms with E-state index in [4.69, 9.17) is 4.74 Å². The van der Waals surface area contributed by atoms with E-state index in [1.54, 1.807) is 6.07 Å². The Hall–Kier alpha value is -3.23. The lowest BCUT2D eigenvalue weighted by Crippen LogP contribution is -2.39. The number of rotatable bonds is 5. The van der Waals surface area contributed by atoms with E-state index < -0.39 is 4.92 Å². The Morgan fingerprint density at radius 3 is 2.43 bits per heavy atom. The van der Waals surface area contributed by atoms with Gasteiger partial charge in [0, 0.05) is 30.4 Å². The molecule has 1 saturated heterocycles. The third kappa shape index (κ3) is 4.36. The molecule has 28 heavy (non-hydrogen) atoms. The van der Waals surface area contributed by atoms with Gasteiger partial charge in [-0.25, -0.2) is 9.97 Å². The molecule has 1 aliphatic heterocycles. The molecule has 0 bridgehead atoms. The Morgan fingerprint density at radius 2 is 1.86 bits per heavy atom. The van der Waals surface area contributed by atoms with Crippen LogP contribution in [0.5, 0.6) is 5.75 Å². The van der Waals surface area contributed by atoms with E-state index in [1.165, 1.54) is 19.2 Å². The number of nitrogens with one attached hydrogen (secondary N) is 1. The lowest BCUT2D eigenvalue weighted by Gasteiger charge is -2.31.